The third kappa shape index (κ3) is 4.14. The topological polar surface area (TPSA) is 78.0 Å². The minimum absolute atomic E-state index is 0.0307. The highest BCUT2D eigenvalue weighted by Crippen LogP contribution is 2.26. The van der Waals surface area contributed by atoms with Crippen LogP contribution in [0.25, 0.3) is 0 Å². The molecule has 0 unspecified atom stereocenters. The molecule has 0 atom stereocenters. The van der Waals surface area contributed by atoms with Gasteiger partial charge in [0.2, 0.25) is 12.3 Å². The Morgan fingerprint density at radius 3 is 2.21 bits per heavy atom. The van der Waals surface area contributed by atoms with Gasteiger partial charge in [-0.15, -0.1) is 0 Å². The first-order valence-electron chi connectivity index (χ1n) is 8.73. The van der Waals surface area contributed by atoms with E-state index in [1.54, 1.807) is 23.1 Å². The lowest BCUT2D eigenvalue weighted by Gasteiger charge is -2.34. The van der Waals surface area contributed by atoms with Crippen molar-refractivity contribution >= 4 is 28.0 Å². The van der Waals surface area contributed by atoms with Crippen molar-refractivity contribution in [1.82, 2.24) is 9.80 Å². The van der Waals surface area contributed by atoms with E-state index < -0.39 is 28.3 Å². The van der Waals surface area contributed by atoms with E-state index >= 15 is 0 Å². The van der Waals surface area contributed by atoms with E-state index in [4.69, 9.17) is 0 Å². The first-order valence-corrected chi connectivity index (χ1v) is 10.2. The summed E-state index contributed by atoms with van der Waals surface area (Å²) in [6.07, 6.45) is 0.716. The Balaban J connectivity index is 1.91. The van der Waals surface area contributed by atoms with Crippen molar-refractivity contribution in [2.24, 2.45) is 0 Å². The second-order valence-corrected chi connectivity index (χ2v) is 8.16. The molecule has 3 rings (SSSR count). The number of sulfonamides is 1. The number of hydrogen-bond acceptors (Lipinski definition) is 4. The van der Waals surface area contributed by atoms with E-state index in [1.165, 1.54) is 35.2 Å². The highest BCUT2D eigenvalue weighted by molar-refractivity contribution is 7.92. The number of nitrogens with zero attached hydrogens (tertiary/aromatic N) is 3. The first-order chi connectivity index (χ1) is 13.4. The number of halogens is 1. The predicted octanol–water partition coefficient (Wildman–Crippen LogP) is 1.32. The van der Waals surface area contributed by atoms with Crippen LogP contribution < -0.4 is 4.31 Å². The van der Waals surface area contributed by atoms with Crippen LogP contribution in [0.3, 0.4) is 0 Å². The predicted molar refractivity (Wildman–Crippen MR) is 102 cm³/mol. The van der Waals surface area contributed by atoms with Crippen molar-refractivity contribution in [3.8, 4) is 0 Å². The Labute approximate surface area is 163 Å². The molecule has 0 aromatic heterocycles. The van der Waals surface area contributed by atoms with Gasteiger partial charge in [0.1, 0.15) is 12.4 Å². The molecular weight excluding hydrogens is 385 g/mol. The lowest BCUT2D eigenvalue weighted by atomic mass is 10.3. The Hall–Kier alpha value is -2.94. The van der Waals surface area contributed by atoms with Crippen LogP contribution in [0.2, 0.25) is 0 Å². The molecule has 28 heavy (non-hydrogen) atoms. The number of benzene rings is 2. The van der Waals surface area contributed by atoms with Gasteiger partial charge in [0.15, 0.2) is 0 Å². The van der Waals surface area contributed by atoms with Crippen LogP contribution in [0.1, 0.15) is 0 Å². The third-order valence-electron chi connectivity index (χ3n) is 4.55. The SMILES string of the molecule is O=CN1CCN(C(=O)CN(c2ccccc2F)S(=O)(=O)c2ccccc2)CC1. The molecule has 2 aromatic carbocycles. The van der Waals surface area contributed by atoms with E-state index in [0.717, 1.165) is 10.4 Å². The Morgan fingerprint density at radius 2 is 1.61 bits per heavy atom. The first kappa shape index (κ1) is 19.8. The molecular formula is C19H20FN3O4S. The van der Waals surface area contributed by atoms with E-state index in [1.807, 2.05) is 0 Å². The molecule has 0 bridgehead atoms. The third-order valence-corrected chi connectivity index (χ3v) is 6.32. The molecule has 1 aliphatic rings. The largest absolute Gasteiger partial charge is 0.342 e. The molecule has 1 saturated heterocycles. The Morgan fingerprint density at radius 1 is 1.00 bits per heavy atom. The van der Waals surface area contributed by atoms with E-state index in [9.17, 15) is 22.4 Å². The standard InChI is InChI=1S/C19H20FN3O4S/c20-17-8-4-5-9-18(17)23(28(26,27)16-6-2-1-3-7-16)14-19(25)22-12-10-21(15-24)11-13-22/h1-9,15H,10-14H2. The average molecular weight is 405 g/mol. The zero-order valence-corrected chi connectivity index (χ0v) is 15.9. The van der Waals surface area contributed by atoms with E-state index in [-0.39, 0.29) is 10.6 Å². The van der Waals surface area contributed by atoms with Crippen LogP contribution in [-0.2, 0) is 19.6 Å². The number of amides is 2. The lowest BCUT2D eigenvalue weighted by molar-refractivity contribution is -0.133. The molecule has 2 amide bonds. The average Bonchev–Trinajstić information content (AvgIpc) is 2.73. The van der Waals surface area contributed by atoms with E-state index in [0.29, 0.717) is 32.6 Å². The molecule has 0 aliphatic carbocycles. The monoisotopic (exact) mass is 405 g/mol. The van der Waals surface area contributed by atoms with Crippen LogP contribution in [0, 0.1) is 5.82 Å². The second-order valence-electron chi connectivity index (χ2n) is 6.30. The number of anilines is 1. The molecule has 0 saturated carbocycles. The van der Waals surface area contributed by atoms with Crippen molar-refractivity contribution in [2.75, 3.05) is 37.0 Å². The normalized spacial score (nSPS) is 14.6. The second kappa shape index (κ2) is 8.39. The van der Waals surface area contributed by atoms with Crippen LogP contribution >= 0.6 is 0 Å². The number of piperazine rings is 1. The van der Waals surface area contributed by atoms with Crippen molar-refractivity contribution in [1.29, 1.82) is 0 Å². The smallest absolute Gasteiger partial charge is 0.264 e. The van der Waals surface area contributed by atoms with Crippen LogP contribution in [0.5, 0.6) is 0 Å². The maximum absolute atomic E-state index is 14.4. The van der Waals surface area contributed by atoms with Gasteiger partial charge in [-0.1, -0.05) is 30.3 Å². The molecule has 0 spiro atoms. The maximum atomic E-state index is 14.4. The van der Waals surface area contributed by atoms with Gasteiger partial charge < -0.3 is 9.80 Å². The van der Waals surface area contributed by atoms with Crippen molar-refractivity contribution in [3.05, 3.63) is 60.4 Å². The number of rotatable bonds is 6. The van der Waals surface area contributed by atoms with Gasteiger partial charge in [-0.25, -0.2) is 12.8 Å². The summed E-state index contributed by atoms with van der Waals surface area (Å²) in [7, 11) is -4.15. The van der Waals surface area contributed by atoms with Gasteiger partial charge >= 0.3 is 0 Å². The molecule has 9 heteroatoms. The lowest BCUT2D eigenvalue weighted by Crippen LogP contribution is -2.51. The van der Waals surface area contributed by atoms with Gasteiger partial charge in [-0.3, -0.25) is 13.9 Å². The van der Waals surface area contributed by atoms with Crippen LogP contribution in [-0.4, -0.2) is 63.3 Å². The Kier molecular flexibility index (Phi) is 5.93. The number of para-hydroxylation sites is 1. The molecule has 1 heterocycles. The fraction of sp³-hybridized carbons (Fsp3) is 0.263. The molecule has 1 aliphatic heterocycles. The fourth-order valence-electron chi connectivity index (χ4n) is 2.97. The van der Waals surface area contributed by atoms with E-state index in [2.05, 4.69) is 0 Å². The van der Waals surface area contributed by atoms with Crippen LogP contribution in [0.15, 0.2) is 59.5 Å². The molecule has 0 radical (unpaired) electrons. The minimum Gasteiger partial charge on any atom is -0.342 e. The molecule has 7 nitrogen and oxygen atoms in total. The summed E-state index contributed by atoms with van der Waals surface area (Å²) >= 11 is 0. The zero-order valence-electron chi connectivity index (χ0n) is 15.1. The molecule has 1 fully saturated rings. The van der Waals surface area contributed by atoms with Crippen molar-refractivity contribution in [2.45, 2.75) is 4.90 Å². The quantitative estimate of drug-likeness (QED) is 0.679. The number of carbonyl (C=O) groups is 2. The van der Waals surface area contributed by atoms with Gasteiger partial charge in [-0.2, -0.15) is 0 Å². The molecule has 0 N–H and O–H groups in total. The van der Waals surface area contributed by atoms with Crippen LogP contribution in [0.4, 0.5) is 10.1 Å². The summed E-state index contributed by atoms with van der Waals surface area (Å²) in [5, 5.41) is 0. The summed E-state index contributed by atoms with van der Waals surface area (Å²) in [5.74, 6) is -1.19. The molecule has 2 aromatic rings. The summed E-state index contributed by atoms with van der Waals surface area (Å²) in [4.78, 5) is 26.6. The molecule has 148 valence electrons. The summed E-state index contributed by atoms with van der Waals surface area (Å²) < 4.78 is 41.5. The van der Waals surface area contributed by atoms with Gasteiger partial charge in [0, 0.05) is 26.2 Å². The van der Waals surface area contributed by atoms with Gasteiger partial charge in [0.05, 0.1) is 10.6 Å². The van der Waals surface area contributed by atoms with Gasteiger partial charge in [0.25, 0.3) is 10.0 Å². The fourth-order valence-corrected chi connectivity index (χ4v) is 4.42. The zero-order chi connectivity index (χ0) is 20.1. The minimum atomic E-state index is -4.15. The van der Waals surface area contributed by atoms with Crippen molar-refractivity contribution < 1.29 is 22.4 Å². The number of hydrogen-bond donors (Lipinski definition) is 0. The summed E-state index contributed by atoms with van der Waals surface area (Å²) in [6, 6.07) is 13.0. The number of carbonyl (C=O) groups excluding carboxylic acids is 2. The highest BCUT2D eigenvalue weighted by Gasteiger charge is 2.31. The van der Waals surface area contributed by atoms with Gasteiger partial charge in [-0.05, 0) is 24.3 Å². The summed E-state index contributed by atoms with van der Waals surface area (Å²) in [6.45, 7) is 0.822. The Bertz CT molecular complexity index is 945. The maximum Gasteiger partial charge on any atom is 0.264 e. The highest BCUT2D eigenvalue weighted by atomic mass is 32.2. The van der Waals surface area contributed by atoms with Crippen molar-refractivity contribution in [3.63, 3.8) is 0 Å². The summed E-state index contributed by atoms with van der Waals surface area (Å²) in [5.41, 5.74) is -0.189.